The average Bonchev–Trinajstić information content (AvgIpc) is 3.55. The summed E-state index contributed by atoms with van der Waals surface area (Å²) in [4.78, 5) is 52.8. The maximum atomic E-state index is 13.8. The number of aliphatic hydroxyl groups excluding tert-OH is 1. The number of carbonyl (C=O) groups is 3. The number of benzene rings is 1. The molecule has 3 aromatic rings. The molecule has 0 fully saturated rings. The predicted octanol–water partition coefficient (Wildman–Crippen LogP) is 5.50. The van der Waals surface area contributed by atoms with E-state index in [1.807, 2.05) is 24.3 Å². The molecule has 0 saturated heterocycles. The van der Waals surface area contributed by atoms with Crippen LogP contribution < -0.4 is 9.80 Å². The van der Waals surface area contributed by atoms with Crippen molar-refractivity contribution in [3.8, 4) is 0 Å². The Kier molecular flexibility index (Phi) is 8.31. The molecule has 0 saturated carbocycles. The van der Waals surface area contributed by atoms with Gasteiger partial charge in [0.2, 0.25) is 5.78 Å². The number of anilines is 2. The molecule has 1 atom stereocenters. The fraction of sp³-hybridized carbons (Fsp3) is 0.321. The molecule has 1 unspecified atom stereocenters. The van der Waals surface area contributed by atoms with E-state index in [1.165, 1.54) is 22.3 Å². The smallest absolute Gasteiger partial charge is 0.350 e. The van der Waals surface area contributed by atoms with Gasteiger partial charge in [0, 0.05) is 18.8 Å². The Morgan fingerprint density at radius 1 is 1.08 bits per heavy atom. The molecule has 3 heterocycles. The van der Waals surface area contributed by atoms with E-state index in [9.17, 15) is 19.5 Å². The number of nitrogens with zero attached hydrogens (tertiary/aromatic N) is 4. The second-order valence-corrected chi connectivity index (χ2v) is 11.1. The largest absolute Gasteiger partial charge is 0.503 e. The molecule has 0 bridgehead atoms. The molecule has 0 aliphatic carbocycles. The van der Waals surface area contributed by atoms with Crippen LogP contribution in [0.3, 0.4) is 0 Å². The number of esters is 1. The van der Waals surface area contributed by atoms with E-state index >= 15 is 0 Å². The minimum Gasteiger partial charge on any atom is -0.503 e. The van der Waals surface area contributed by atoms with Crippen molar-refractivity contribution in [2.75, 3.05) is 29.5 Å². The Bertz CT molecular complexity index is 1470. The molecule has 1 amide bonds. The number of ketones is 1. The number of carbonyl (C=O) groups excluding carboxylic acids is 3. The quantitative estimate of drug-likeness (QED) is 0.195. The van der Waals surface area contributed by atoms with Gasteiger partial charge in [0.1, 0.15) is 11.5 Å². The molecular weight excluding hydrogens is 536 g/mol. The summed E-state index contributed by atoms with van der Waals surface area (Å²) in [6.45, 7) is 14.5. The van der Waals surface area contributed by atoms with E-state index < -0.39 is 29.5 Å². The number of rotatable bonds is 10. The number of ether oxygens (including phenoxy) is 1. The number of aliphatic hydroxyl groups is 1. The lowest BCUT2D eigenvalue weighted by atomic mass is 9.95. The summed E-state index contributed by atoms with van der Waals surface area (Å²) in [5.74, 6) is -2.47. The maximum absolute atomic E-state index is 13.8. The summed E-state index contributed by atoms with van der Waals surface area (Å²) in [5.41, 5.74) is 2.47. The first kappa shape index (κ1) is 28.2. The SMILES string of the molecule is C=CCOC(=O)c1sc(N2C(=O)C(O)=C(C(=O)c3sc(C)nc3C)C2c2ccc(N(CC)CC)cc2)nc1C. The molecule has 1 aliphatic rings. The first-order chi connectivity index (χ1) is 18.6. The number of aryl methyl sites for hydroxylation is 3. The molecule has 2 aromatic heterocycles. The molecule has 0 radical (unpaired) electrons. The van der Waals surface area contributed by atoms with E-state index in [2.05, 4.69) is 35.3 Å². The van der Waals surface area contributed by atoms with E-state index in [-0.39, 0.29) is 22.2 Å². The van der Waals surface area contributed by atoms with Crippen LogP contribution >= 0.6 is 22.7 Å². The van der Waals surface area contributed by atoms with Gasteiger partial charge in [0.25, 0.3) is 5.91 Å². The van der Waals surface area contributed by atoms with Gasteiger partial charge in [-0.05, 0) is 52.3 Å². The third kappa shape index (κ3) is 5.24. The molecule has 4 rings (SSSR count). The average molecular weight is 567 g/mol. The van der Waals surface area contributed by atoms with Crippen LogP contribution in [0.1, 0.15) is 61.2 Å². The van der Waals surface area contributed by atoms with Crippen LogP contribution in [0.25, 0.3) is 0 Å². The molecule has 204 valence electrons. The minimum absolute atomic E-state index is 0.0320. The summed E-state index contributed by atoms with van der Waals surface area (Å²) >= 11 is 2.18. The number of hydrogen-bond acceptors (Lipinski definition) is 10. The highest BCUT2D eigenvalue weighted by atomic mass is 32.1. The van der Waals surface area contributed by atoms with Gasteiger partial charge in [0.15, 0.2) is 10.9 Å². The number of Topliss-reactive ketones (excluding diaryl/α,β-unsaturated/α-hetero) is 1. The van der Waals surface area contributed by atoms with Crippen molar-refractivity contribution in [1.82, 2.24) is 9.97 Å². The molecule has 1 N–H and O–H groups in total. The van der Waals surface area contributed by atoms with Crippen LogP contribution in [0.15, 0.2) is 48.3 Å². The fourth-order valence-electron chi connectivity index (χ4n) is 4.55. The standard InChI is InChI=1S/C28H30N4O5S2/c1-7-14-37-27(36)25-16(5)30-28(39-25)32-21(18-10-12-19(13-11-18)31(8-2)9-3)20(23(34)26(32)35)22(33)24-15(4)29-17(6)38-24/h7,10-13,21,34H,1,8-9,14H2,2-6H3. The van der Waals surface area contributed by atoms with Gasteiger partial charge in [-0.3, -0.25) is 14.5 Å². The maximum Gasteiger partial charge on any atom is 0.350 e. The van der Waals surface area contributed by atoms with Crippen LogP contribution in [-0.4, -0.2) is 52.4 Å². The van der Waals surface area contributed by atoms with Gasteiger partial charge in [-0.1, -0.05) is 36.1 Å². The van der Waals surface area contributed by atoms with Gasteiger partial charge in [-0.2, -0.15) is 0 Å². The summed E-state index contributed by atoms with van der Waals surface area (Å²) in [6, 6.07) is 6.58. The molecule has 11 heteroatoms. The van der Waals surface area contributed by atoms with Gasteiger partial charge >= 0.3 is 5.97 Å². The molecule has 0 spiro atoms. The van der Waals surface area contributed by atoms with Crippen molar-refractivity contribution in [2.24, 2.45) is 0 Å². The molecule has 9 nitrogen and oxygen atoms in total. The highest BCUT2D eigenvalue weighted by Crippen LogP contribution is 2.44. The number of thiazole rings is 2. The zero-order valence-corrected chi connectivity index (χ0v) is 24.1. The van der Waals surface area contributed by atoms with Crippen LogP contribution in [0.2, 0.25) is 0 Å². The normalized spacial score (nSPS) is 15.2. The van der Waals surface area contributed by atoms with Crippen molar-refractivity contribution in [3.05, 3.63) is 80.0 Å². The Morgan fingerprint density at radius 2 is 1.72 bits per heavy atom. The first-order valence-corrected chi connectivity index (χ1v) is 14.1. The third-order valence-electron chi connectivity index (χ3n) is 6.41. The van der Waals surface area contributed by atoms with E-state index in [1.54, 1.807) is 20.8 Å². The highest BCUT2D eigenvalue weighted by Gasteiger charge is 2.47. The lowest BCUT2D eigenvalue weighted by molar-refractivity contribution is -0.117. The van der Waals surface area contributed by atoms with Crippen LogP contribution in [0.4, 0.5) is 10.8 Å². The van der Waals surface area contributed by atoms with Crippen LogP contribution in [0.5, 0.6) is 0 Å². The topological polar surface area (TPSA) is 113 Å². The van der Waals surface area contributed by atoms with E-state index in [0.29, 0.717) is 26.8 Å². The van der Waals surface area contributed by atoms with Crippen molar-refractivity contribution < 1.29 is 24.2 Å². The number of aromatic nitrogens is 2. The Hall–Kier alpha value is -3.83. The Balaban J connectivity index is 1.84. The van der Waals surface area contributed by atoms with Gasteiger partial charge in [-0.15, -0.1) is 11.3 Å². The summed E-state index contributed by atoms with van der Waals surface area (Å²) in [5, 5.41) is 12.0. The third-order valence-corrected chi connectivity index (χ3v) is 8.62. The molecule has 1 aromatic carbocycles. The lowest BCUT2D eigenvalue weighted by Gasteiger charge is -2.26. The second kappa shape index (κ2) is 11.5. The van der Waals surface area contributed by atoms with Gasteiger partial charge in [0.05, 0.1) is 32.9 Å². The van der Waals surface area contributed by atoms with Crippen LogP contribution in [0, 0.1) is 20.8 Å². The Labute approximate surface area is 235 Å². The summed E-state index contributed by atoms with van der Waals surface area (Å²) < 4.78 is 5.17. The van der Waals surface area contributed by atoms with E-state index in [4.69, 9.17) is 4.74 Å². The number of hydrogen-bond donors (Lipinski definition) is 1. The molecule has 1 aliphatic heterocycles. The van der Waals surface area contributed by atoms with Crippen molar-refractivity contribution >= 4 is 51.2 Å². The fourth-order valence-corrected chi connectivity index (χ4v) is 6.41. The first-order valence-electron chi connectivity index (χ1n) is 12.5. The molecular formula is C28H30N4O5S2. The van der Waals surface area contributed by atoms with Gasteiger partial charge < -0.3 is 14.7 Å². The minimum atomic E-state index is -0.958. The lowest BCUT2D eigenvalue weighted by Crippen LogP contribution is -2.31. The van der Waals surface area contributed by atoms with Crippen molar-refractivity contribution in [3.63, 3.8) is 0 Å². The zero-order valence-electron chi connectivity index (χ0n) is 22.5. The highest BCUT2D eigenvalue weighted by molar-refractivity contribution is 7.17. The summed E-state index contributed by atoms with van der Waals surface area (Å²) in [6.07, 6.45) is 1.46. The van der Waals surface area contributed by atoms with Crippen molar-refractivity contribution in [2.45, 2.75) is 40.7 Å². The zero-order chi connectivity index (χ0) is 28.4. The predicted molar refractivity (Wildman–Crippen MR) is 153 cm³/mol. The molecule has 39 heavy (non-hydrogen) atoms. The van der Waals surface area contributed by atoms with E-state index in [0.717, 1.165) is 30.1 Å². The summed E-state index contributed by atoms with van der Waals surface area (Å²) in [7, 11) is 0. The number of amides is 1. The Morgan fingerprint density at radius 3 is 2.28 bits per heavy atom. The monoisotopic (exact) mass is 566 g/mol. The van der Waals surface area contributed by atoms with Crippen LogP contribution in [-0.2, 0) is 9.53 Å². The van der Waals surface area contributed by atoms with Crippen molar-refractivity contribution in [1.29, 1.82) is 0 Å². The second-order valence-electron chi connectivity index (χ2n) is 8.88. The van der Waals surface area contributed by atoms with Gasteiger partial charge in [-0.25, -0.2) is 14.8 Å².